The van der Waals surface area contributed by atoms with Crippen LogP contribution in [0.2, 0.25) is 0 Å². The first-order valence-electron chi connectivity index (χ1n) is 8.14. The van der Waals surface area contributed by atoms with Crippen LogP contribution in [0.4, 0.5) is 14.9 Å². The van der Waals surface area contributed by atoms with Gasteiger partial charge in [0.25, 0.3) is 11.7 Å². The molecule has 140 valence electrons. The Morgan fingerprint density at radius 3 is 2.74 bits per heavy atom. The Balaban J connectivity index is 1.87. The summed E-state index contributed by atoms with van der Waals surface area (Å²) in [6.45, 7) is 1.18. The van der Waals surface area contributed by atoms with Crippen molar-refractivity contribution in [1.29, 1.82) is 0 Å². The van der Waals surface area contributed by atoms with Gasteiger partial charge in [0.05, 0.1) is 19.8 Å². The van der Waals surface area contributed by atoms with E-state index in [0.29, 0.717) is 11.3 Å². The molecule has 0 fully saturated rings. The Hall–Kier alpha value is -3.36. The molecule has 1 N–H and O–H groups in total. The normalized spacial score (nSPS) is 19.4. The first-order chi connectivity index (χ1) is 12.8. The SMILES string of the molecule is COC1=C(C)C=NC2=[N+](C)C(=O)N(CC(=O)Nc3ccccc3F)C(=O)C12. The van der Waals surface area contributed by atoms with Crippen LogP contribution in [0.3, 0.4) is 0 Å². The van der Waals surface area contributed by atoms with Crippen LogP contribution < -0.4 is 5.32 Å². The highest BCUT2D eigenvalue weighted by atomic mass is 19.1. The van der Waals surface area contributed by atoms with Crippen molar-refractivity contribution in [2.75, 3.05) is 26.0 Å². The van der Waals surface area contributed by atoms with E-state index in [2.05, 4.69) is 10.3 Å². The number of imide groups is 1. The standard InChI is InChI=1S/C18H17FN4O4/c1-10-8-20-16-14(15(10)27-3)17(25)23(18(26)22(16)2)9-13(24)21-12-7-5-4-6-11(12)19/h4-8,14H,9H2,1-3H3/p+1. The Bertz CT molecular complexity index is 935. The van der Waals surface area contributed by atoms with Gasteiger partial charge in [-0.25, -0.2) is 9.18 Å². The van der Waals surface area contributed by atoms with Gasteiger partial charge in [-0.3, -0.25) is 9.59 Å². The highest BCUT2D eigenvalue weighted by molar-refractivity contribution is 6.17. The van der Waals surface area contributed by atoms with Gasteiger partial charge >= 0.3 is 11.9 Å². The van der Waals surface area contributed by atoms with Gasteiger partial charge in [-0.05, 0) is 19.1 Å². The zero-order chi connectivity index (χ0) is 19.7. The van der Waals surface area contributed by atoms with Gasteiger partial charge in [0.15, 0.2) is 12.5 Å². The number of amidine groups is 1. The molecule has 0 saturated carbocycles. The summed E-state index contributed by atoms with van der Waals surface area (Å²) in [5.74, 6) is -2.25. The molecule has 3 rings (SSSR count). The lowest BCUT2D eigenvalue weighted by atomic mass is 9.96. The molecular weight excluding hydrogens is 355 g/mol. The van der Waals surface area contributed by atoms with Crippen molar-refractivity contribution in [2.45, 2.75) is 6.92 Å². The van der Waals surface area contributed by atoms with Crippen LogP contribution in [0.1, 0.15) is 6.92 Å². The number of urea groups is 1. The number of benzene rings is 1. The van der Waals surface area contributed by atoms with E-state index in [0.717, 1.165) is 4.90 Å². The molecule has 0 aliphatic carbocycles. The number of carbonyl (C=O) groups is 3. The Kier molecular flexibility index (Phi) is 4.85. The number of ether oxygens (including phenoxy) is 1. The molecule has 0 spiro atoms. The summed E-state index contributed by atoms with van der Waals surface area (Å²) in [7, 11) is 2.89. The molecule has 1 atom stereocenters. The summed E-state index contributed by atoms with van der Waals surface area (Å²) >= 11 is 0. The number of halogens is 1. The summed E-state index contributed by atoms with van der Waals surface area (Å²) in [5, 5.41) is 2.36. The Labute approximate surface area is 154 Å². The molecule has 2 aliphatic rings. The number of amides is 4. The summed E-state index contributed by atoms with van der Waals surface area (Å²) in [4.78, 5) is 42.7. The van der Waals surface area contributed by atoms with E-state index >= 15 is 0 Å². The number of nitrogens with zero attached hydrogens (tertiary/aromatic N) is 3. The van der Waals surface area contributed by atoms with Crippen LogP contribution in [0, 0.1) is 11.7 Å². The fraction of sp³-hybridized carbons (Fsp3) is 0.278. The summed E-state index contributed by atoms with van der Waals surface area (Å²) in [5.41, 5.74) is 0.619. The molecule has 27 heavy (non-hydrogen) atoms. The predicted molar refractivity (Wildman–Crippen MR) is 95.0 cm³/mol. The van der Waals surface area contributed by atoms with Crippen LogP contribution in [0.5, 0.6) is 0 Å². The molecule has 2 aliphatic heterocycles. The number of fused-ring (bicyclic) bond motifs is 1. The maximum Gasteiger partial charge on any atom is 0.446 e. The number of hydrogen-bond donors (Lipinski definition) is 1. The number of allylic oxidation sites excluding steroid dienone is 1. The molecule has 0 radical (unpaired) electrons. The minimum atomic E-state index is -0.913. The third kappa shape index (κ3) is 3.23. The molecule has 9 heteroatoms. The van der Waals surface area contributed by atoms with Crippen molar-refractivity contribution in [3.63, 3.8) is 0 Å². The quantitative estimate of drug-likeness (QED) is 0.808. The minimum absolute atomic E-state index is 0.0319. The van der Waals surface area contributed by atoms with Crippen LogP contribution in [0.25, 0.3) is 0 Å². The van der Waals surface area contributed by atoms with Gasteiger partial charge in [-0.2, -0.15) is 9.48 Å². The van der Waals surface area contributed by atoms with Gasteiger partial charge in [0.2, 0.25) is 0 Å². The topological polar surface area (TPSA) is 91.1 Å². The van der Waals surface area contributed by atoms with Crippen molar-refractivity contribution in [2.24, 2.45) is 10.9 Å². The zero-order valence-electron chi connectivity index (χ0n) is 15.0. The van der Waals surface area contributed by atoms with Gasteiger partial charge in [-0.1, -0.05) is 12.1 Å². The number of aliphatic imine (C=N–C) groups is 1. The first kappa shape index (κ1) is 18.4. The Morgan fingerprint density at radius 2 is 2.07 bits per heavy atom. The second-order valence-corrected chi connectivity index (χ2v) is 6.09. The van der Waals surface area contributed by atoms with E-state index in [4.69, 9.17) is 4.74 Å². The summed E-state index contributed by atoms with van der Waals surface area (Å²) in [6.07, 6.45) is 1.52. The Morgan fingerprint density at radius 1 is 1.37 bits per heavy atom. The van der Waals surface area contributed by atoms with Crippen molar-refractivity contribution in [3.8, 4) is 0 Å². The number of anilines is 1. The maximum atomic E-state index is 13.7. The number of hydrogen-bond acceptors (Lipinski definition) is 5. The fourth-order valence-corrected chi connectivity index (χ4v) is 3.00. The van der Waals surface area contributed by atoms with E-state index in [1.54, 1.807) is 13.0 Å². The van der Waals surface area contributed by atoms with Gasteiger partial charge in [-0.15, -0.1) is 4.99 Å². The monoisotopic (exact) mass is 373 g/mol. The zero-order valence-corrected chi connectivity index (χ0v) is 15.0. The summed E-state index contributed by atoms with van der Waals surface area (Å²) < 4.78 is 20.2. The molecule has 1 aromatic rings. The molecule has 1 unspecified atom stereocenters. The number of para-hydroxylation sites is 1. The van der Waals surface area contributed by atoms with E-state index in [1.165, 1.54) is 43.1 Å². The minimum Gasteiger partial charge on any atom is -0.499 e. The molecule has 1 aromatic carbocycles. The van der Waals surface area contributed by atoms with Gasteiger partial charge in [0.1, 0.15) is 17.8 Å². The van der Waals surface area contributed by atoms with Gasteiger partial charge < -0.3 is 10.1 Å². The first-order valence-corrected chi connectivity index (χ1v) is 8.14. The number of rotatable bonds is 4. The second-order valence-electron chi connectivity index (χ2n) is 6.09. The van der Waals surface area contributed by atoms with E-state index in [-0.39, 0.29) is 11.5 Å². The van der Waals surface area contributed by atoms with Crippen molar-refractivity contribution >= 4 is 35.6 Å². The molecule has 2 heterocycles. The van der Waals surface area contributed by atoms with Crippen LogP contribution in [-0.4, -0.2) is 60.1 Å². The molecular formula is C18H18FN4O4+. The maximum absolute atomic E-state index is 13.7. The number of nitrogens with one attached hydrogen (secondary N) is 1. The fourth-order valence-electron chi connectivity index (χ4n) is 3.00. The number of methoxy groups -OCH3 is 1. The average Bonchev–Trinajstić information content (AvgIpc) is 2.65. The van der Waals surface area contributed by atoms with Crippen LogP contribution in [0.15, 0.2) is 40.6 Å². The van der Waals surface area contributed by atoms with E-state index < -0.39 is 36.1 Å². The lowest BCUT2D eigenvalue weighted by Gasteiger charge is -2.28. The number of carbonyl (C=O) groups excluding carboxylic acids is 3. The molecule has 0 saturated heterocycles. The van der Waals surface area contributed by atoms with Crippen molar-refractivity contribution < 1.29 is 28.1 Å². The predicted octanol–water partition coefficient (Wildman–Crippen LogP) is 1.39. The average molecular weight is 373 g/mol. The third-order valence-corrected chi connectivity index (χ3v) is 4.34. The third-order valence-electron chi connectivity index (χ3n) is 4.34. The molecule has 0 bridgehead atoms. The second kappa shape index (κ2) is 7.10. The molecule has 0 aromatic heterocycles. The van der Waals surface area contributed by atoms with Gasteiger partial charge in [0, 0.05) is 5.57 Å². The summed E-state index contributed by atoms with van der Waals surface area (Å²) in [6, 6.07) is 4.93. The highest BCUT2D eigenvalue weighted by Gasteiger charge is 2.50. The molecule has 4 amide bonds. The number of dihydropyridines is 1. The lowest BCUT2D eigenvalue weighted by Crippen LogP contribution is -2.56. The lowest BCUT2D eigenvalue weighted by molar-refractivity contribution is -0.408. The highest BCUT2D eigenvalue weighted by Crippen LogP contribution is 2.27. The van der Waals surface area contributed by atoms with Crippen molar-refractivity contribution in [3.05, 3.63) is 41.4 Å². The van der Waals surface area contributed by atoms with E-state index in [1.807, 2.05) is 0 Å². The van der Waals surface area contributed by atoms with Crippen LogP contribution in [-0.2, 0) is 14.3 Å². The smallest absolute Gasteiger partial charge is 0.446 e. The largest absolute Gasteiger partial charge is 0.499 e. The van der Waals surface area contributed by atoms with E-state index in [9.17, 15) is 18.8 Å². The molecule has 8 nitrogen and oxygen atoms in total. The van der Waals surface area contributed by atoms with Crippen LogP contribution >= 0.6 is 0 Å². The van der Waals surface area contributed by atoms with Crippen molar-refractivity contribution in [1.82, 2.24) is 4.90 Å².